The van der Waals surface area contributed by atoms with Crippen molar-refractivity contribution in [3.8, 4) is 36.2 Å². The third kappa shape index (κ3) is 4.24. The molecule has 0 N–H and O–H groups in total. The minimum absolute atomic E-state index is 0.352. The summed E-state index contributed by atoms with van der Waals surface area (Å²) in [7, 11) is 0. The third-order valence-corrected chi connectivity index (χ3v) is 1.83. The predicted octanol–water partition coefficient (Wildman–Crippen LogP) is 1.56. The van der Waals surface area contributed by atoms with Crippen LogP contribution in [-0.4, -0.2) is 5.97 Å². The normalized spacial score (nSPS) is 8.43. The van der Waals surface area contributed by atoms with Gasteiger partial charge in [0, 0.05) is 11.8 Å². The monoisotopic (exact) mass is 188 g/mol. The summed E-state index contributed by atoms with van der Waals surface area (Å²) in [5.74, 6) is 8.68. The van der Waals surface area contributed by atoms with Crippen molar-refractivity contribution < 1.29 is 9.53 Å². The molecule has 2 nitrogen and oxygen atoms in total. The predicted molar refractivity (Wildman–Crippen MR) is 54.5 cm³/mol. The van der Waals surface area contributed by atoms with Crippen LogP contribution in [0.15, 0.2) is 0 Å². The first-order valence-electron chi connectivity index (χ1n) is 4.21. The second-order valence-corrected chi connectivity index (χ2v) is 3.25. The van der Waals surface area contributed by atoms with Gasteiger partial charge in [0.25, 0.3) is 0 Å². The van der Waals surface area contributed by atoms with Crippen molar-refractivity contribution in [1.82, 2.24) is 0 Å². The molecule has 0 radical (unpaired) electrons. The van der Waals surface area contributed by atoms with E-state index in [0.717, 1.165) is 0 Å². The summed E-state index contributed by atoms with van der Waals surface area (Å²) >= 11 is 0. The molecule has 72 valence electrons. The molecule has 0 bridgehead atoms. The lowest BCUT2D eigenvalue weighted by atomic mass is 9.91. The van der Waals surface area contributed by atoms with Gasteiger partial charge in [-0.1, -0.05) is 6.92 Å². The van der Waals surface area contributed by atoms with E-state index in [9.17, 15) is 4.79 Å². The lowest BCUT2D eigenvalue weighted by Crippen LogP contribution is -2.24. The minimum atomic E-state index is -0.506. The SMILES string of the molecule is C#CC#CC#COC(=O)C(C)(C)CC. The molecule has 0 aliphatic heterocycles. The maximum absolute atomic E-state index is 11.3. The number of carbonyl (C=O) groups excluding carboxylic acids is 1. The van der Waals surface area contributed by atoms with Crippen molar-refractivity contribution in [2.24, 2.45) is 5.41 Å². The minimum Gasteiger partial charge on any atom is -0.371 e. The van der Waals surface area contributed by atoms with Gasteiger partial charge < -0.3 is 4.74 Å². The third-order valence-electron chi connectivity index (χ3n) is 1.83. The van der Waals surface area contributed by atoms with Gasteiger partial charge in [0.1, 0.15) is 6.11 Å². The van der Waals surface area contributed by atoms with Crippen LogP contribution in [0.5, 0.6) is 0 Å². The number of hydrogen-bond donors (Lipinski definition) is 0. The van der Waals surface area contributed by atoms with Crippen LogP contribution in [0, 0.1) is 41.6 Å². The molecular formula is C12H12O2. The second-order valence-electron chi connectivity index (χ2n) is 3.25. The average Bonchev–Trinajstić information content (AvgIpc) is 2.17. The maximum Gasteiger partial charge on any atom is 0.325 e. The molecule has 0 aromatic heterocycles. The van der Waals surface area contributed by atoms with Gasteiger partial charge in [-0.25, -0.2) is 0 Å². The van der Waals surface area contributed by atoms with Gasteiger partial charge >= 0.3 is 5.97 Å². The van der Waals surface area contributed by atoms with Gasteiger partial charge in [0.05, 0.1) is 5.41 Å². The fourth-order valence-corrected chi connectivity index (χ4v) is 0.447. The van der Waals surface area contributed by atoms with Gasteiger partial charge in [-0.05, 0) is 32.1 Å². The fourth-order valence-electron chi connectivity index (χ4n) is 0.447. The van der Waals surface area contributed by atoms with Gasteiger partial charge in [0.2, 0.25) is 0 Å². The van der Waals surface area contributed by atoms with E-state index in [0.29, 0.717) is 6.42 Å². The molecule has 0 spiro atoms. The van der Waals surface area contributed by atoms with E-state index in [1.807, 2.05) is 6.92 Å². The van der Waals surface area contributed by atoms with Crippen LogP contribution in [0.3, 0.4) is 0 Å². The van der Waals surface area contributed by atoms with E-state index in [4.69, 9.17) is 6.42 Å². The van der Waals surface area contributed by atoms with E-state index >= 15 is 0 Å². The number of hydrogen-bond acceptors (Lipinski definition) is 2. The summed E-state index contributed by atoms with van der Waals surface area (Å²) in [6, 6.07) is 0. The molecule has 0 aromatic carbocycles. The van der Waals surface area contributed by atoms with E-state index < -0.39 is 5.41 Å². The number of esters is 1. The molecule has 0 saturated carbocycles. The quantitative estimate of drug-likeness (QED) is 0.485. The zero-order valence-corrected chi connectivity index (χ0v) is 8.60. The Labute approximate surface area is 85.0 Å². The fraction of sp³-hybridized carbons (Fsp3) is 0.417. The van der Waals surface area contributed by atoms with Crippen molar-refractivity contribution in [1.29, 1.82) is 0 Å². The lowest BCUT2D eigenvalue weighted by Gasteiger charge is -2.17. The van der Waals surface area contributed by atoms with Crippen molar-refractivity contribution >= 4 is 5.97 Å². The molecule has 0 fully saturated rings. The Morgan fingerprint density at radius 2 is 2.00 bits per heavy atom. The first-order chi connectivity index (χ1) is 6.54. The number of terminal acetylenes is 1. The Kier molecular flexibility index (Phi) is 4.98. The largest absolute Gasteiger partial charge is 0.371 e. The molecule has 0 amide bonds. The average molecular weight is 188 g/mol. The molecule has 0 aromatic rings. The summed E-state index contributed by atoms with van der Waals surface area (Å²) < 4.78 is 4.67. The highest BCUT2D eigenvalue weighted by atomic mass is 16.5. The maximum atomic E-state index is 11.3. The molecule has 14 heavy (non-hydrogen) atoms. The van der Waals surface area contributed by atoms with E-state index in [2.05, 4.69) is 34.5 Å². The smallest absolute Gasteiger partial charge is 0.325 e. The van der Waals surface area contributed by atoms with Crippen LogP contribution in [0.25, 0.3) is 0 Å². The molecular weight excluding hydrogens is 176 g/mol. The van der Waals surface area contributed by atoms with Crippen LogP contribution in [0.4, 0.5) is 0 Å². The molecule has 0 aliphatic carbocycles. The highest BCUT2D eigenvalue weighted by molar-refractivity contribution is 5.76. The molecule has 0 rings (SSSR count). The van der Waals surface area contributed by atoms with Crippen molar-refractivity contribution in [3.63, 3.8) is 0 Å². The van der Waals surface area contributed by atoms with Crippen molar-refractivity contribution in [2.75, 3.05) is 0 Å². The highest BCUT2D eigenvalue weighted by Crippen LogP contribution is 2.20. The molecule has 0 unspecified atom stereocenters. The zero-order valence-electron chi connectivity index (χ0n) is 8.60. The summed E-state index contributed by atoms with van der Waals surface area (Å²) in [6.45, 7) is 5.50. The first-order valence-corrected chi connectivity index (χ1v) is 4.21. The molecule has 2 heteroatoms. The van der Waals surface area contributed by atoms with Gasteiger partial charge in [-0.2, -0.15) is 0 Å². The van der Waals surface area contributed by atoms with Gasteiger partial charge in [-0.15, -0.1) is 6.42 Å². The number of ether oxygens (including phenoxy) is 1. The zero-order chi connectivity index (χ0) is 11.0. The molecule has 0 aliphatic rings. The Hall–Kier alpha value is -1.85. The van der Waals surface area contributed by atoms with Crippen LogP contribution in [-0.2, 0) is 9.53 Å². The van der Waals surface area contributed by atoms with Gasteiger partial charge in [0.15, 0.2) is 0 Å². The Balaban J connectivity index is 4.22. The number of rotatable bonds is 2. The molecule has 0 heterocycles. The van der Waals surface area contributed by atoms with Gasteiger partial charge in [-0.3, -0.25) is 4.79 Å². The standard InChI is InChI=1S/C12H12O2/c1-5-7-8-9-10-14-11(13)12(3,4)6-2/h1H,6H2,2-4H3. The summed E-state index contributed by atoms with van der Waals surface area (Å²) in [5.41, 5.74) is -0.506. The summed E-state index contributed by atoms with van der Waals surface area (Å²) in [6.07, 6.45) is 7.75. The highest BCUT2D eigenvalue weighted by Gasteiger charge is 2.26. The van der Waals surface area contributed by atoms with Crippen LogP contribution >= 0.6 is 0 Å². The molecule has 0 saturated heterocycles. The number of carbonyl (C=O) groups is 1. The lowest BCUT2D eigenvalue weighted by molar-refractivity contribution is -0.146. The topological polar surface area (TPSA) is 26.3 Å². The van der Waals surface area contributed by atoms with E-state index in [1.54, 1.807) is 13.8 Å². The summed E-state index contributed by atoms with van der Waals surface area (Å²) in [4.78, 5) is 11.3. The van der Waals surface area contributed by atoms with Crippen LogP contribution in [0.2, 0.25) is 0 Å². The van der Waals surface area contributed by atoms with Crippen LogP contribution in [0.1, 0.15) is 27.2 Å². The Morgan fingerprint density at radius 1 is 1.36 bits per heavy atom. The van der Waals surface area contributed by atoms with E-state index in [1.165, 1.54) is 0 Å². The summed E-state index contributed by atoms with van der Waals surface area (Å²) in [5, 5.41) is 0. The Morgan fingerprint density at radius 3 is 2.50 bits per heavy atom. The van der Waals surface area contributed by atoms with Crippen molar-refractivity contribution in [2.45, 2.75) is 27.2 Å². The first kappa shape index (κ1) is 12.2. The van der Waals surface area contributed by atoms with Crippen molar-refractivity contribution in [3.05, 3.63) is 0 Å². The second kappa shape index (κ2) is 5.74. The van der Waals surface area contributed by atoms with Crippen LogP contribution < -0.4 is 0 Å². The molecule has 0 atom stereocenters. The Bertz CT molecular complexity index is 361. The van der Waals surface area contributed by atoms with E-state index in [-0.39, 0.29) is 5.97 Å².